The van der Waals surface area contributed by atoms with Gasteiger partial charge in [0.25, 0.3) is 5.91 Å². The van der Waals surface area contributed by atoms with Gasteiger partial charge in [-0.25, -0.2) is 22.3 Å². The Morgan fingerprint density at radius 3 is 2.55 bits per heavy atom. The van der Waals surface area contributed by atoms with Gasteiger partial charge in [-0.05, 0) is 61.0 Å². The second kappa shape index (κ2) is 10.7. The van der Waals surface area contributed by atoms with Crippen molar-refractivity contribution in [3.8, 4) is 0 Å². The van der Waals surface area contributed by atoms with Crippen molar-refractivity contribution >= 4 is 33.7 Å². The molecule has 1 heterocycles. The third-order valence-electron chi connectivity index (χ3n) is 4.37. The van der Waals surface area contributed by atoms with E-state index < -0.39 is 33.8 Å². The molecule has 33 heavy (non-hydrogen) atoms. The number of rotatable bonds is 9. The van der Waals surface area contributed by atoms with E-state index in [0.29, 0.717) is 11.3 Å². The molecule has 1 aromatic heterocycles. The van der Waals surface area contributed by atoms with Crippen molar-refractivity contribution < 1.29 is 31.6 Å². The average Bonchev–Trinajstić information content (AvgIpc) is 3.30. The molecule has 10 heteroatoms. The Hall–Kier alpha value is -3.76. The van der Waals surface area contributed by atoms with Crippen molar-refractivity contribution in [2.45, 2.75) is 24.5 Å². The number of halogens is 1. The fourth-order valence-corrected chi connectivity index (χ4v) is 3.66. The van der Waals surface area contributed by atoms with Crippen LogP contribution in [0, 0.1) is 5.82 Å². The summed E-state index contributed by atoms with van der Waals surface area (Å²) in [7, 11) is -3.73. The minimum absolute atomic E-state index is 0.0216. The molecule has 2 N–H and O–H groups in total. The van der Waals surface area contributed by atoms with Crippen LogP contribution in [0.25, 0.3) is 6.08 Å². The Morgan fingerprint density at radius 1 is 1.12 bits per heavy atom. The standard InChI is InChI=1S/C23H21FN2O6S/c1-16(23(28)26-19-5-2-4-18(24)14-19)32-22(27)12-9-17-7-10-21(11-8-17)33(29,30)25-15-20-6-3-13-31-20/h2-14,16,25H,15H2,1H3,(H,26,28)/b12-9+. The molecule has 0 saturated heterocycles. The number of ether oxygens (including phenoxy) is 1. The second-order valence-corrected chi connectivity index (χ2v) is 8.65. The van der Waals surface area contributed by atoms with Crippen LogP contribution in [0.3, 0.4) is 0 Å². The van der Waals surface area contributed by atoms with Gasteiger partial charge in [0.15, 0.2) is 6.10 Å². The highest BCUT2D eigenvalue weighted by molar-refractivity contribution is 7.89. The van der Waals surface area contributed by atoms with Gasteiger partial charge in [0.2, 0.25) is 10.0 Å². The minimum Gasteiger partial charge on any atom is -0.468 e. The molecule has 1 unspecified atom stereocenters. The third kappa shape index (κ3) is 7.13. The first-order valence-electron chi connectivity index (χ1n) is 9.80. The van der Waals surface area contributed by atoms with E-state index in [-0.39, 0.29) is 17.1 Å². The van der Waals surface area contributed by atoms with E-state index in [4.69, 9.17) is 9.15 Å². The van der Waals surface area contributed by atoms with E-state index in [1.807, 2.05) is 0 Å². The number of esters is 1. The molecule has 1 amide bonds. The SMILES string of the molecule is CC(OC(=O)/C=C/c1ccc(S(=O)(=O)NCc2ccco2)cc1)C(=O)Nc1cccc(F)c1. The molecular formula is C23H21FN2O6S. The lowest BCUT2D eigenvalue weighted by molar-refractivity contribution is -0.148. The molecule has 1 atom stereocenters. The molecule has 0 radical (unpaired) electrons. The first-order valence-corrected chi connectivity index (χ1v) is 11.3. The zero-order chi connectivity index (χ0) is 23.8. The van der Waals surface area contributed by atoms with Gasteiger partial charge in [0.05, 0.1) is 17.7 Å². The van der Waals surface area contributed by atoms with Crippen molar-refractivity contribution in [1.29, 1.82) is 0 Å². The smallest absolute Gasteiger partial charge is 0.331 e. The predicted molar refractivity (Wildman–Crippen MR) is 119 cm³/mol. The fourth-order valence-electron chi connectivity index (χ4n) is 2.66. The van der Waals surface area contributed by atoms with Gasteiger partial charge in [-0.15, -0.1) is 0 Å². The molecule has 2 aromatic carbocycles. The Labute approximate surface area is 190 Å². The molecule has 0 spiro atoms. The number of benzene rings is 2. The molecule has 0 bridgehead atoms. The van der Waals surface area contributed by atoms with E-state index in [2.05, 4.69) is 10.0 Å². The maximum atomic E-state index is 13.2. The number of carbonyl (C=O) groups excluding carboxylic acids is 2. The quantitative estimate of drug-likeness (QED) is 0.364. The fraction of sp³-hybridized carbons (Fsp3) is 0.130. The van der Waals surface area contributed by atoms with Crippen molar-refractivity contribution in [3.05, 3.63) is 90.1 Å². The van der Waals surface area contributed by atoms with Gasteiger partial charge in [-0.3, -0.25) is 4.79 Å². The lowest BCUT2D eigenvalue weighted by Gasteiger charge is -2.12. The molecular weight excluding hydrogens is 451 g/mol. The van der Waals surface area contributed by atoms with Crippen molar-refractivity contribution in [1.82, 2.24) is 4.72 Å². The number of nitrogens with one attached hydrogen (secondary N) is 2. The number of hydrogen-bond acceptors (Lipinski definition) is 6. The van der Waals surface area contributed by atoms with Crippen molar-refractivity contribution in [2.75, 3.05) is 5.32 Å². The molecule has 0 fully saturated rings. The maximum absolute atomic E-state index is 13.2. The van der Waals surface area contributed by atoms with Crippen LogP contribution < -0.4 is 10.0 Å². The largest absolute Gasteiger partial charge is 0.468 e. The van der Waals surface area contributed by atoms with Gasteiger partial charge < -0.3 is 14.5 Å². The summed E-state index contributed by atoms with van der Waals surface area (Å²) in [6, 6.07) is 14.5. The summed E-state index contributed by atoms with van der Waals surface area (Å²) in [4.78, 5) is 24.1. The van der Waals surface area contributed by atoms with E-state index in [9.17, 15) is 22.4 Å². The number of amides is 1. The second-order valence-electron chi connectivity index (χ2n) is 6.88. The number of furan rings is 1. The van der Waals surface area contributed by atoms with Crippen LogP contribution in [-0.2, 0) is 30.9 Å². The summed E-state index contributed by atoms with van der Waals surface area (Å²) < 4.78 is 50.4. The molecule has 0 aliphatic rings. The molecule has 3 aromatic rings. The lowest BCUT2D eigenvalue weighted by Crippen LogP contribution is -2.29. The summed E-state index contributed by atoms with van der Waals surface area (Å²) in [5, 5.41) is 2.45. The number of anilines is 1. The average molecular weight is 472 g/mol. The van der Waals surface area contributed by atoms with Crippen LogP contribution in [0.5, 0.6) is 0 Å². The molecule has 0 saturated carbocycles. The Bertz CT molecular complexity index is 1240. The van der Waals surface area contributed by atoms with Crippen LogP contribution in [-0.4, -0.2) is 26.4 Å². The van der Waals surface area contributed by atoms with Gasteiger partial charge in [-0.2, -0.15) is 0 Å². The van der Waals surface area contributed by atoms with Crippen LogP contribution in [0.1, 0.15) is 18.2 Å². The van der Waals surface area contributed by atoms with Crippen LogP contribution in [0.15, 0.2) is 82.3 Å². The van der Waals surface area contributed by atoms with Crippen molar-refractivity contribution in [2.24, 2.45) is 0 Å². The van der Waals surface area contributed by atoms with Crippen molar-refractivity contribution in [3.63, 3.8) is 0 Å². The van der Waals surface area contributed by atoms with Gasteiger partial charge in [0.1, 0.15) is 11.6 Å². The Balaban J connectivity index is 1.52. The lowest BCUT2D eigenvalue weighted by atomic mass is 10.2. The highest BCUT2D eigenvalue weighted by Crippen LogP contribution is 2.13. The first-order chi connectivity index (χ1) is 15.7. The summed E-state index contributed by atoms with van der Waals surface area (Å²) in [6.45, 7) is 1.41. The van der Waals surface area contributed by atoms with E-state index in [1.54, 1.807) is 12.1 Å². The molecule has 172 valence electrons. The number of carbonyl (C=O) groups is 2. The summed E-state index contributed by atoms with van der Waals surface area (Å²) in [5.41, 5.74) is 0.793. The van der Waals surface area contributed by atoms with E-state index in [0.717, 1.165) is 12.1 Å². The first kappa shape index (κ1) is 23.9. The molecule has 0 aliphatic carbocycles. The van der Waals surface area contributed by atoms with E-state index >= 15 is 0 Å². The Kier molecular flexibility index (Phi) is 7.75. The molecule has 0 aliphatic heterocycles. The minimum atomic E-state index is -3.73. The van der Waals surface area contributed by atoms with Crippen LogP contribution in [0.4, 0.5) is 10.1 Å². The monoisotopic (exact) mass is 472 g/mol. The van der Waals surface area contributed by atoms with E-state index in [1.165, 1.54) is 61.7 Å². The topological polar surface area (TPSA) is 115 Å². The molecule has 3 rings (SSSR count). The van der Waals surface area contributed by atoms with Crippen LogP contribution >= 0.6 is 0 Å². The summed E-state index contributed by atoms with van der Waals surface area (Å²) >= 11 is 0. The summed E-state index contributed by atoms with van der Waals surface area (Å²) in [5.74, 6) is -1.41. The molecule has 8 nitrogen and oxygen atoms in total. The number of hydrogen-bond donors (Lipinski definition) is 2. The van der Waals surface area contributed by atoms with Gasteiger partial charge >= 0.3 is 5.97 Å². The van der Waals surface area contributed by atoms with Crippen LogP contribution in [0.2, 0.25) is 0 Å². The highest BCUT2D eigenvalue weighted by atomic mass is 32.2. The Morgan fingerprint density at radius 2 is 1.88 bits per heavy atom. The number of sulfonamides is 1. The zero-order valence-electron chi connectivity index (χ0n) is 17.5. The normalized spacial score (nSPS) is 12.4. The van der Waals surface area contributed by atoms with Gasteiger partial charge in [0, 0.05) is 11.8 Å². The third-order valence-corrected chi connectivity index (χ3v) is 5.79. The summed E-state index contributed by atoms with van der Waals surface area (Å²) in [6.07, 6.45) is 2.88. The highest BCUT2D eigenvalue weighted by Gasteiger charge is 2.17. The predicted octanol–water partition coefficient (Wildman–Crippen LogP) is 3.48. The maximum Gasteiger partial charge on any atom is 0.331 e. The zero-order valence-corrected chi connectivity index (χ0v) is 18.3. The van der Waals surface area contributed by atoms with Gasteiger partial charge in [-0.1, -0.05) is 18.2 Å².